The number of methoxy groups -OCH3 is 2. The molecule has 0 unspecified atom stereocenters. The highest BCUT2D eigenvalue weighted by Crippen LogP contribution is 2.28. The number of rotatable bonds is 4. The summed E-state index contributed by atoms with van der Waals surface area (Å²) in [5.74, 6) is -0.0690. The van der Waals surface area contributed by atoms with Gasteiger partial charge in [-0.2, -0.15) is 0 Å². The minimum atomic E-state index is -3.93. The molecule has 0 saturated heterocycles. The zero-order valence-electron chi connectivity index (χ0n) is 10.2. The number of carbonyl (C=O) groups is 1. The van der Waals surface area contributed by atoms with Crippen LogP contribution in [0.15, 0.2) is 17.0 Å². The summed E-state index contributed by atoms with van der Waals surface area (Å²) in [6, 6.07) is 2.85. The van der Waals surface area contributed by atoms with E-state index in [2.05, 4.69) is 4.74 Å². The van der Waals surface area contributed by atoms with Gasteiger partial charge in [-0.1, -0.05) is 0 Å². The zero-order valence-corrected chi connectivity index (χ0v) is 11.8. The van der Waals surface area contributed by atoms with Gasteiger partial charge >= 0.3 is 5.97 Å². The highest BCUT2D eigenvalue weighted by atomic mass is 35.7. The van der Waals surface area contributed by atoms with Crippen LogP contribution in [0.4, 0.5) is 0 Å². The van der Waals surface area contributed by atoms with E-state index in [9.17, 15) is 13.2 Å². The second kappa shape index (κ2) is 5.58. The van der Waals surface area contributed by atoms with Crippen molar-refractivity contribution < 1.29 is 22.7 Å². The molecule has 1 aromatic rings. The summed E-state index contributed by atoms with van der Waals surface area (Å²) in [5.41, 5.74) is 0.865. The van der Waals surface area contributed by atoms with Crippen LogP contribution in [0.3, 0.4) is 0 Å². The van der Waals surface area contributed by atoms with Crippen LogP contribution in [0.1, 0.15) is 11.1 Å². The summed E-state index contributed by atoms with van der Waals surface area (Å²) < 4.78 is 32.5. The van der Waals surface area contributed by atoms with E-state index in [-0.39, 0.29) is 16.9 Å². The molecular formula is C11H13ClO5S. The summed E-state index contributed by atoms with van der Waals surface area (Å²) in [6.07, 6.45) is -0.186. The lowest BCUT2D eigenvalue weighted by atomic mass is 10.1. The van der Waals surface area contributed by atoms with Gasteiger partial charge in [0.05, 0.1) is 25.5 Å². The summed E-state index contributed by atoms with van der Waals surface area (Å²) >= 11 is 0. The van der Waals surface area contributed by atoms with Crippen molar-refractivity contribution in [1.29, 1.82) is 0 Å². The molecule has 0 atom stereocenters. The van der Waals surface area contributed by atoms with E-state index < -0.39 is 15.0 Å². The molecule has 1 aromatic carbocycles. The zero-order chi connectivity index (χ0) is 13.9. The first-order valence-corrected chi connectivity index (χ1v) is 7.29. The Morgan fingerprint density at radius 1 is 1.33 bits per heavy atom. The van der Waals surface area contributed by atoms with Crippen LogP contribution in [0.25, 0.3) is 0 Å². The van der Waals surface area contributed by atoms with E-state index in [4.69, 9.17) is 15.4 Å². The van der Waals surface area contributed by atoms with Crippen LogP contribution in [0.2, 0.25) is 0 Å². The third kappa shape index (κ3) is 3.36. The van der Waals surface area contributed by atoms with Gasteiger partial charge in [-0.15, -0.1) is 0 Å². The van der Waals surface area contributed by atoms with Gasteiger partial charge in [0.25, 0.3) is 9.05 Å². The maximum Gasteiger partial charge on any atom is 0.310 e. The molecule has 0 radical (unpaired) electrons. The summed E-state index contributed by atoms with van der Waals surface area (Å²) in [6.45, 7) is 1.69. The fourth-order valence-corrected chi connectivity index (χ4v) is 2.71. The van der Waals surface area contributed by atoms with Crippen molar-refractivity contribution in [3.8, 4) is 5.75 Å². The van der Waals surface area contributed by atoms with E-state index in [0.29, 0.717) is 11.3 Å². The Morgan fingerprint density at radius 3 is 2.39 bits per heavy atom. The standard InChI is InChI=1S/C11H13ClO5S/c1-7-4-10(18(12,14)15)8(5-9(7)16-2)6-11(13)17-3/h4-5H,6H2,1-3H3. The topological polar surface area (TPSA) is 69.7 Å². The molecule has 1 rings (SSSR count). The summed E-state index contributed by atoms with van der Waals surface area (Å²) in [5, 5.41) is 0. The van der Waals surface area contributed by atoms with Crippen LogP contribution in [-0.4, -0.2) is 28.6 Å². The number of hydrogen-bond donors (Lipinski definition) is 0. The summed E-state index contributed by atoms with van der Waals surface area (Å²) in [7, 11) is 4.09. The molecule has 18 heavy (non-hydrogen) atoms. The molecule has 0 spiro atoms. The molecule has 0 saturated carbocycles. The maximum atomic E-state index is 11.4. The third-order valence-corrected chi connectivity index (χ3v) is 3.81. The van der Waals surface area contributed by atoms with Crippen molar-refractivity contribution in [1.82, 2.24) is 0 Å². The molecule has 0 fully saturated rings. The number of hydrogen-bond acceptors (Lipinski definition) is 5. The van der Waals surface area contributed by atoms with E-state index in [1.165, 1.54) is 26.4 Å². The van der Waals surface area contributed by atoms with Gasteiger partial charge in [0, 0.05) is 10.7 Å². The number of carbonyl (C=O) groups excluding carboxylic acids is 1. The highest BCUT2D eigenvalue weighted by Gasteiger charge is 2.20. The fraction of sp³-hybridized carbons (Fsp3) is 0.364. The van der Waals surface area contributed by atoms with Crippen LogP contribution < -0.4 is 4.74 Å². The Balaban J connectivity index is 3.40. The number of esters is 1. The molecule has 0 aliphatic heterocycles. The van der Waals surface area contributed by atoms with Crippen molar-refractivity contribution in [3.05, 3.63) is 23.3 Å². The minimum absolute atomic E-state index is 0.104. The molecule has 5 nitrogen and oxygen atoms in total. The second-order valence-corrected chi connectivity index (χ2v) is 6.15. The van der Waals surface area contributed by atoms with Gasteiger partial charge in [-0.05, 0) is 30.2 Å². The van der Waals surface area contributed by atoms with Crippen LogP contribution in [0, 0.1) is 6.92 Å². The lowest BCUT2D eigenvalue weighted by molar-refractivity contribution is -0.139. The molecule has 7 heteroatoms. The average molecular weight is 293 g/mol. The largest absolute Gasteiger partial charge is 0.496 e. The number of aryl methyl sites for hydroxylation is 1. The van der Waals surface area contributed by atoms with E-state index in [0.717, 1.165) is 0 Å². The lowest BCUT2D eigenvalue weighted by Crippen LogP contribution is -2.09. The molecular weight excluding hydrogens is 280 g/mol. The number of benzene rings is 1. The quantitative estimate of drug-likeness (QED) is 0.623. The summed E-state index contributed by atoms with van der Waals surface area (Å²) in [4.78, 5) is 11.1. The predicted octanol–water partition coefficient (Wildman–Crippen LogP) is 1.65. The molecule has 0 N–H and O–H groups in total. The first-order valence-electron chi connectivity index (χ1n) is 4.98. The molecule has 0 heterocycles. The molecule has 0 bridgehead atoms. The molecule has 100 valence electrons. The predicted molar refractivity (Wildman–Crippen MR) is 66.5 cm³/mol. The van der Waals surface area contributed by atoms with Crippen molar-refractivity contribution in [2.45, 2.75) is 18.2 Å². The van der Waals surface area contributed by atoms with Gasteiger partial charge < -0.3 is 9.47 Å². The van der Waals surface area contributed by atoms with E-state index in [1.54, 1.807) is 6.92 Å². The maximum absolute atomic E-state index is 11.4. The van der Waals surface area contributed by atoms with Gasteiger partial charge in [0.1, 0.15) is 5.75 Å². The van der Waals surface area contributed by atoms with Gasteiger partial charge in [0.2, 0.25) is 0 Å². The second-order valence-electron chi connectivity index (χ2n) is 3.62. The Labute approximate surface area is 110 Å². The van der Waals surface area contributed by atoms with Crippen molar-refractivity contribution >= 4 is 25.7 Å². The molecule has 0 aliphatic rings. The van der Waals surface area contributed by atoms with Gasteiger partial charge in [-0.25, -0.2) is 8.42 Å². The third-order valence-electron chi connectivity index (χ3n) is 2.40. The first kappa shape index (κ1) is 14.8. The van der Waals surface area contributed by atoms with Crippen molar-refractivity contribution in [3.63, 3.8) is 0 Å². The fourth-order valence-electron chi connectivity index (χ4n) is 1.52. The normalized spacial score (nSPS) is 11.1. The number of ether oxygens (including phenoxy) is 2. The molecule has 0 amide bonds. The smallest absolute Gasteiger partial charge is 0.310 e. The lowest BCUT2D eigenvalue weighted by Gasteiger charge is -2.11. The van der Waals surface area contributed by atoms with Crippen LogP contribution in [-0.2, 0) is 25.0 Å². The van der Waals surface area contributed by atoms with E-state index in [1.807, 2.05) is 0 Å². The first-order chi connectivity index (χ1) is 8.29. The van der Waals surface area contributed by atoms with Crippen LogP contribution in [0.5, 0.6) is 5.75 Å². The molecule has 0 aromatic heterocycles. The Bertz CT molecular complexity index is 565. The molecule has 0 aliphatic carbocycles. The SMILES string of the molecule is COC(=O)Cc1cc(OC)c(C)cc1S(=O)(=O)Cl. The number of halogens is 1. The monoisotopic (exact) mass is 292 g/mol. The Hall–Kier alpha value is -1.27. The van der Waals surface area contributed by atoms with Crippen molar-refractivity contribution in [2.24, 2.45) is 0 Å². The van der Waals surface area contributed by atoms with E-state index >= 15 is 0 Å². The minimum Gasteiger partial charge on any atom is -0.496 e. The Kier molecular flexibility index (Phi) is 4.59. The van der Waals surface area contributed by atoms with Crippen LogP contribution >= 0.6 is 10.7 Å². The van der Waals surface area contributed by atoms with Gasteiger partial charge in [0.15, 0.2) is 0 Å². The Morgan fingerprint density at radius 2 is 1.94 bits per heavy atom. The highest BCUT2D eigenvalue weighted by molar-refractivity contribution is 8.13. The van der Waals surface area contributed by atoms with Crippen molar-refractivity contribution in [2.75, 3.05) is 14.2 Å². The van der Waals surface area contributed by atoms with Gasteiger partial charge in [-0.3, -0.25) is 4.79 Å². The average Bonchev–Trinajstić information content (AvgIpc) is 2.29.